The maximum atomic E-state index is 12.4. The molecule has 0 atom stereocenters. The van der Waals surface area contributed by atoms with Crippen LogP contribution in [0.25, 0.3) is 0 Å². The molecule has 21 heavy (non-hydrogen) atoms. The van der Waals surface area contributed by atoms with E-state index in [0.717, 1.165) is 21.8 Å². The number of carbonyl (C=O) groups excluding carboxylic acids is 1. The van der Waals surface area contributed by atoms with Gasteiger partial charge in [-0.05, 0) is 25.5 Å². The van der Waals surface area contributed by atoms with Gasteiger partial charge in [0.1, 0.15) is 6.54 Å². The van der Waals surface area contributed by atoms with E-state index < -0.39 is 18.6 Å². The molecule has 1 aromatic heterocycles. The number of nitrogens with zero attached hydrogens (tertiary/aromatic N) is 1. The molecule has 0 aliphatic carbocycles. The van der Waals surface area contributed by atoms with Crippen molar-refractivity contribution in [3.8, 4) is 11.8 Å². The van der Waals surface area contributed by atoms with Crippen LogP contribution in [0.1, 0.15) is 33.5 Å². The fourth-order valence-corrected chi connectivity index (χ4v) is 2.62. The third kappa shape index (κ3) is 5.40. The van der Waals surface area contributed by atoms with E-state index in [9.17, 15) is 18.0 Å². The van der Waals surface area contributed by atoms with Crippen molar-refractivity contribution in [2.24, 2.45) is 0 Å². The van der Waals surface area contributed by atoms with Gasteiger partial charge in [0, 0.05) is 13.0 Å². The van der Waals surface area contributed by atoms with Gasteiger partial charge in [-0.15, -0.1) is 11.3 Å². The molecule has 0 unspecified atom stereocenters. The van der Waals surface area contributed by atoms with Crippen LogP contribution in [0.5, 0.6) is 0 Å². The summed E-state index contributed by atoms with van der Waals surface area (Å²) in [5.41, 5.74) is 0.747. The summed E-state index contributed by atoms with van der Waals surface area (Å²) in [4.78, 5) is 13.7. The number of halogens is 3. The van der Waals surface area contributed by atoms with Crippen LogP contribution in [0.15, 0.2) is 6.07 Å². The van der Waals surface area contributed by atoms with Gasteiger partial charge >= 0.3 is 6.18 Å². The topological polar surface area (TPSA) is 40.5 Å². The fourth-order valence-electron chi connectivity index (χ4n) is 1.61. The second-order valence-electron chi connectivity index (χ2n) is 4.33. The van der Waals surface area contributed by atoms with Gasteiger partial charge in [-0.2, -0.15) is 13.2 Å². The van der Waals surface area contributed by atoms with Crippen LogP contribution in [0.4, 0.5) is 13.2 Å². The molecule has 0 radical (unpaired) electrons. The Kier molecular flexibility index (Phi) is 6.24. The van der Waals surface area contributed by atoms with E-state index in [-0.39, 0.29) is 18.0 Å². The second-order valence-corrected chi connectivity index (χ2v) is 5.38. The minimum Gasteiger partial charge on any atom is -0.395 e. The third-order valence-electron chi connectivity index (χ3n) is 2.61. The lowest BCUT2D eigenvalue weighted by atomic mass is 10.2. The molecule has 1 rings (SSSR count). The number of hydrogen-bond donors (Lipinski definition) is 1. The van der Waals surface area contributed by atoms with Crippen molar-refractivity contribution in [1.82, 2.24) is 4.90 Å². The molecule has 1 aromatic rings. The Morgan fingerprint density at radius 3 is 2.67 bits per heavy atom. The fraction of sp³-hybridized carbons (Fsp3) is 0.500. The zero-order valence-corrected chi connectivity index (χ0v) is 12.6. The molecule has 0 bridgehead atoms. The molecule has 0 spiro atoms. The Morgan fingerprint density at radius 1 is 1.48 bits per heavy atom. The number of aliphatic hydroxyl groups is 1. The Morgan fingerprint density at radius 2 is 2.14 bits per heavy atom. The Labute approximate surface area is 125 Å². The van der Waals surface area contributed by atoms with Crippen molar-refractivity contribution in [3.05, 3.63) is 21.4 Å². The first-order chi connectivity index (χ1) is 9.78. The van der Waals surface area contributed by atoms with Crippen molar-refractivity contribution < 1.29 is 23.1 Å². The highest BCUT2D eigenvalue weighted by molar-refractivity contribution is 7.14. The predicted octanol–water partition coefficient (Wildman–Crippen LogP) is 2.81. The lowest BCUT2D eigenvalue weighted by Crippen LogP contribution is -2.38. The van der Waals surface area contributed by atoms with Gasteiger partial charge in [0.25, 0.3) is 5.91 Å². The van der Waals surface area contributed by atoms with E-state index in [0.29, 0.717) is 11.3 Å². The van der Waals surface area contributed by atoms with Crippen molar-refractivity contribution >= 4 is 17.2 Å². The third-order valence-corrected chi connectivity index (χ3v) is 3.75. The quantitative estimate of drug-likeness (QED) is 0.867. The van der Waals surface area contributed by atoms with Crippen LogP contribution in [0, 0.1) is 18.8 Å². The zero-order valence-electron chi connectivity index (χ0n) is 11.8. The van der Waals surface area contributed by atoms with E-state index in [1.165, 1.54) is 6.92 Å². The molecule has 0 saturated heterocycles. The first-order valence-electron chi connectivity index (χ1n) is 6.34. The van der Waals surface area contributed by atoms with Crippen LogP contribution in [-0.4, -0.2) is 41.8 Å². The first-order valence-corrected chi connectivity index (χ1v) is 7.16. The van der Waals surface area contributed by atoms with Crippen molar-refractivity contribution in [1.29, 1.82) is 0 Å². The van der Waals surface area contributed by atoms with Crippen molar-refractivity contribution in [3.63, 3.8) is 0 Å². The normalized spacial score (nSPS) is 11.0. The minimum atomic E-state index is -4.41. The highest BCUT2D eigenvalue weighted by Crippen LogP contribution is 2.24. The maximum Gasteiger partial charge on any atom is 0.406 e. The summed E-state index contributed by atoms with van der Waals surface area (Å²) in [6, 6.07) is 1.55. The van der Waals surface area contributed by atoms with Crippen LogP contribution >= 0.6 is 11.3 Å². The van der Waals surface area contributed by atoms with Gasteiger partial charge in [0.05, 0.1) is 16.4 Å². The number of carbonyl (C=O) groups is 1. The molecular formula is C14H16F3NO2S. The molecular weight excluding hydrogens is 303 g/mol. The molecule has 116 valence electrons. The average molecular weight is 319 g/mol. The molecule has 1 heterocycles. The van der Waals surface area contributed by atoms with Crippen LogP contribution < -0.4 is 0 Å². The van der Waals surface area contributed by atoms with Crippen LogP contribution in [-0.2, 0) is 0 Å². The lowest BCUT2D eigenvalue weighted by Gasteiger charge is -2.21. The highest BCUT2D eigenvalue weighted by atomic mass is 32.1. The number of amides is 1. The van der Waals surface area contributed by atoms with Crippen molar-refractivity contribution in [2.75, 3.05) is 19.7 Å². The largest absolute Gasteiger partial charge is 0.406 e. The van der Waals surface area contributed by atoms with Gasteiger partial charge in [0.2, 0.25) is 0 Å². The predicted molar refractivity (Wildman–Crippen MR) is 75.3 cm³/mol. The molecule has 0 aromatic carbocycles. The Hall–Kier alpha value is -1.52. The van der Waals surface area contributed by atoms with E-state index in [4.69, 9.17) is 5.11 Å². The summed E-state index contributed by atoms with van der Waals surface area (Å²) in [5.74, 6) is 4.90. The number of rotatable bonds is 4. The van der Waals surface area contributed by atoms with Crippen molar-refractivity contribution in [2.45, 2.75) is 26.4 Å². The SMILES string of the molecule is CCN(CC(F)(F)F)C(=O)c1cc(C)c(C#CCCO)s1. The molecule has 0 fully saturated rings. The smallest absolute Gasteiger partial charge is 0.395 e. The molecule has 0 aliphatic rings. The zero-order chi connectivity index (χ0) is 16.0. The van der Waals surface area contributed by atoms with Gasteiger partial charge in [-0.3, -0.25) is 4.79 Å². The van der Waals surface area contributed by atoms with Gasteiger partial charge in [-0.1, -0.05) is 11.8 Å². The monoisotopic (exact) mass is 319 g/mol. The number of thiophene rings is 1. The van der Waals surface area contributed by atoms with Gasteiger partial charge in [-0.25, -0.2) is 0 Å². The number of hydrogen-bond acceptors (Lipinski definition) is 3. The maximum absolute atomic E-state index is 12.4. The summed E-state index contributed by atoms with van der Waals surface area (Å²) in [5, 5.41) is 8.65. The number of aryl methyl sites for hydroxylation is 1. The Bertz CT molecular complexity index is 555. The summed E-state index contributed by atoms with van der Waals surface area (Å²) < 4.78 is 37.3. The summed E-state index contributed by atoms with van der Waals surface area (Å²) in [6.07, 6.45) is -4.10. The van der Waals surface area contributed by atoms with Crippen LogP contribution in [0.2, 0.25) is 0 Å². The minimum absolute atomic E-state index is 0.0131. The van der Waals surface area contributed by atoms with E-state index in [1.54, 1.807) is 13.0 Å². The molecule has 0 saturated carbocycles. The summed E-state index contributed by atoms with van der Waals surface area (Å²) in [7, 11) is 0. The molecule has 7 heteroatoms. The van der Waals surface area contributed by atoms with E-state index in [1.807, 2.05) is 0 Å². The molecule has 1 amide bonds. The number of aliphatic hydroxyl groups excluding tert-OH is 1. The van der Waals surface area contributed by atoms with Gasteiger partial charge in [0.15, 0.2) is 0 Å². The summed E-state index contributed by atoms with van der Waals surface area (Å²) >= 11 is 1.07. The molecule has 3 nitrogen and oxygen atoms in total. The van der Waals surface area contributed by atoms with E-state index in [2.05, 4.69) is 11.8 Å². The van der Waals surface area contributed by atoms with E-state index >= 15 is 0 Å². The van der Waals surface area contributed by atoms with Gasteiger partial charge < -0.3 is 10.0 Å². The Balaban J connectivity index is 2.92. The van der Waals surface area contributed by atoms with Crippen LogP contribution in [0.3, 0.4) is 0 Å². The first kappa shape index (κ1) is 17.5. The summed E-state index contributed by atoms with van der Waals surface area (Å²) in [6.45, 7) is 1.92. The average Bonchev–Trinajstić information content (AvgIpc) is 2.76. The second kappa shape index (κ2) is 7.48. The standard InChI is InChI=1S/C14H16F3NO2S/c1-3-18(9-14(15,16)17)13(20)12-8-10(2)11(21-12)6-4-5-7-19/h8,19H,3,5,7,9H2,1-2H3. The lowest BCUT2D eigenvalue weighted by molar-refractivity contribution is -0.140. The highest BCUT2D eigenvalue weighted by Gasteiger charge is 2.33. The number of alkyl halides is 3. The molecule has 0 aliphatic heterocycles. The molecule has 1 N–H and O–H groups in total.